The lowest BCUT2D eigenvalue weighted by atomic mass is 10.2. The summed E-state index contributed by atoms with van der Waals surface area (Å²) in [6.07, 6.45) is 1.49. The normalized spacial score (nSPS) is 21.9. The molecule has 0 radical (unpaired) electrons. The van der Waals surface area contributed by atoms with Crippen molar-refractivity contribution in [3.63, 3.8) is 0 Å². The van der Waals surface area contributed by atoms with Crippen molar-refractivity contribution in [2.24, 2.45) is 0 Å². The van der Waals surface area contributed by atoms with Crippen LogP contribution in [-0.2, 0) is 24.1 Å². The van der Waals surface area contributed by atoms with Gasteiger partial charge in [0.1, 0.15) is 6.61 Å². The van der Waals surface area contributed by atoms with E-state index < -0.39 is 9.84 Å². The van der Waals surface area contributed by atoms with Crippen LogP contribution < -0.4 is 5.32 Å². The topological polar surface area (TPSA) is 81.7 Å². The predicted octanol–water partition coefficient (Wildman–Crippen LogP) is -0.267. The summed E-state index contributed by atoms with van der Waals surface area (Å²) in [7, 11) is -2.88. The Kier molecular flexibility index (Phi) is 6.59. The molecule has 0 aromatic carbocycles. The summed E-state index contributed by atoms with van der Waals surface area (Å²) in [5.41, 5.74) is 0. The number of hydrogen-bond donors (Lipinski definition) is 1. The van der Waals surface area contributed by atoms with E-state index in [-0.39, 0.29) is 17.8 Å². The quantitative estimate of drug-likeness (QED) is 0.487. The second-order valence-electron chi connectivity index (χ2n) is 4.19. The van der Waals surface area contributed by atoms with Gasteiger partial charge in [-0.25, -0.2) is 13.2 Å². The maximum atomic E-state index is 11.5. The Morgan fingerprint density at radius 2 is 2.22 bits per heavy atom. The first-order valence-electron chi connectivity index (χ1n) is 6.22. The number of sulfone groups is 1. The second kappa shape index (κ2) is 7.70. The number of carbonyl (C=O) groups is 1. The molecule has 1 N–H and O–H groups in total. The highest BCUT2D eigenvalue weighted by Gasteiger charge is 2.30. The summed E-state index contributed by atoms with van der Waals surface area (Å²) in [5, 5.41) is 2.77. The second-order valence-corrected chi connectivity index (χ2v) is 6.59. The molecule has 0 spiro atoms. The fraction of sp³-hybridized carbons (Fsp3) is 0.909. The summed E-state index contributed by atoms with van der Waals surface area (Å²) in [6.45, 7) is 3.39. The molecule has 1 aliphatic rings. The van der Waals surface area contributed by atoms with Gasteiger partial charge >= 0.3 is 5.97 Å². The molecule has 106 valence electrons. The summed E-state index contributed by atoms with van der Waals surface area (Å²) >= 11 is 0. The first-order valence-corrected chi connectivity index (χ1v) is 7.93. The van der Waals surface area contributed by atoms with E-state index in [1.54, 1.807) is 6.92 Å². The highest BCUT2D eigenvalue weighted by atomic mass is 32.2. The van der Waals surface area contributed by atoms with Crippen LogP contribution in [-0.4, -0.2) is 58.3 Å². The molecule has 0 aromatic rings. The maximum Gasteiger partial charge on any atom is 0.332 e. The van der Waals surface area contributed by atoms with Gasteiger partial charge in [-0.3, -0.25) is 0 Å². The minimum Gasteiger partial charge on any atom is -0.464 e. The Labute approximate surface area is 108 Å². The van der Waals surface area contributed by atoms with Crippen molar-refractivity contribution < 1.29 is 22.7 Å². The van der Waals surface area contributed by atoms with Crippen molar-refractivity contribution in [1.82, 2.24) is 5.32 Å². The fourth-order valence-corrected chi connectivity index (χ4v) is 3.65. The molecule has 1 saturated heterocycles. The summed E-state index contributed by atoms with van der Waals surface area (Å²) in [6, 6.07) is 0. The molecule has 1 rings (SSSR count). The van der Waals surface area contributed by atoms with Crippen LogP contribution >= 0.6 is 0 Å². The lowest BCUT2D eigenvalue weighted by molar-refractivity contribution is -0.148. The van der Waals surface area contributed by atoms with Crippen LogP contribution in [0.1, 0.15) is 19.8 Å². The van der Waals surface area contributed by atoms with Crippen molar-refractivity contribution in [3.05, 3.63) is 0 Å². The van der Waals surface area contributed by atoms with E-state index in [4.69, 9.17) is 9.47 Å². The van der Waals surface area contributed by atoms with Gasteiger partial charge in [-0.1, -0.05) is 0 Å². The molecule has 6 nitrogen and oxygen atoms in total. The number of hydrogen-bond acceptors (Lipinski definition) is 6. The SMILES string of the molecule is CCOC(=O)COCCNCC1CCCS1(=O)=O. The monoisotopic (exact) mass is 279 g/mol. The van der Waals surface area contributed by atoms with E-state index >= 15 is 0 Å². The zero-order valence-corrected chi connectivity index (χ0v) is 11.5. The number of esters is 1. The van der Waals surface area contributed by atoms with Gasteiger partial charge in [0.25, 0.3) is 0 Å². The van der Waals surface area contributed by atoms with Crippen LogP contribution in [0.25, 0.3) is 0 Å². The fourth-order valence-electron chi connectivity index (χ4n) is 1.85. The third kappa shape index (κ3) is 5.32. The largest absolute Gasteiger partial charge is 0.464 e. The van der Waals surface area contributed by atoms with Crippen molar-refractivity contribution in [3.8, 4) is 0 Å². The highest BCUT2D eigenvalue weighted by molar-refractivity contribution is 7.92. The molecule has 18 heavy (non-hydrogen) atoms. The molecule has 1 fully saturated rings. The van der Waals surface area contributed by atoms with Gasteiger partial charge in [0.15, 0.2) is 9.84 Å². The number of rotatable bonds is 8. The van der Waals surface area contributed by atoms with Crippen LogP contribution in [0.2, 0.25) is 0 Å². The van der Waals surface area contributed by atoms with Crippen LogP contribution in [0.4, 0.5) is 0 Å². The van der Waals surface area contributed by atoms with Crippen molar-refractivity contribution in [2.75, 3.05) is 38.7 Å². The third-order valence-corrected chi connectivity index (χ3v) is 5.06. The Morgan fingerprint density at radius 3 is 2.83 bits per heavy atom. The van der Waals surface area contributed by atoms with Gasteiger partial charge in [0.2, 0.25) is 0 Å². The van der Waals surface area contributed by atoms with Gasteiger partial charge < -0.3 is 14.8 Å². The summed E-state index contributed by atoms with van der Waals surface area (Å²) in [5.74, 6) is -0.0746. The number of ether oxygens (including phenoxy) is 2. The van der Waals surface area contributed by atoms with Gasteiger partial charge in [-0.15, -0.1) is 0 Å². The molecule has 1 aliphatic heterocycles. The Balaban J connectivity index is 2.01. The van der Waals surface area contributed by atoms with Crippen molar-refractivity contribution >= 4 is 15.8 Å². The Hall–Kier alpha value is -0.660. The van der Waals surface area contributed by atoms with E-state index in [0.29, 0.717) is 32.1 Å². The zero-order chi connectivity index (χ0) is 13.4. The van der Waals surface area contributed by atoms with E-state index in [1.165, 1.54) is 0 Å². The van der Waals surface area contributed by atoms with Crippen LogP contribution in [0.5, 0.6) is 0 Å². The van der Waals surface area contributed by atoms with Gasteiger partial charge in [-0.2, -0.15) is 0 Å². The molecule has 1 unspecified atom stereocenters. The smallest absolute Gasteiger partial charge is 0.332 e. The maximum absolute atomic E-state index is 11.5. The van der Waals surface area contributed by atoms with Crippen LogP contribution in [0.3, 0.4) is 0 Å². The molecule has 0 amide bonds. The van der Waals surface area contributed by atoms with Crippen LogP contribution in [0.15, 0.2) is 0 Å². The van der Waals surface area contributed by atoms with E-state index in [0.717, 1.165) is 12.8 Å². The standard InChI is InChI=1S/C11H21NO5S/c1-2-17-11(13)9-16-6-5-12-8-10-4-3-7-18(10,14)15/h10,12H,2-9H2,1H3. The molecule has 0 aliphatic carbocycles. The molecule has 0 bridgehead atoms. The predicted molar refractivity (Wildman–Crippen MR) is 67.1 cm³/mol. The van der Waals surface area contributed by atoms with Crippen LogP contribution in [0, 0.1) is 0 Å². The molecule has 0 aromatic heterocycles. The highest BCUT2D eigenvalue weighted by Crippen LogP contribution is 2.18. The van der Waals surface area contributed by atoms with Gasteiger partial charge in [0, 0.05) is 13.1 Å². The molecule has 0 saturated carbocycles. The average Bonchev–Trinajstić information content (AvgIpc) is 2.63. The minimum absolute atomic E-state index is 0.0583. The van der Waals surface area contributed by atoms with Crippen molar-refractivity contribution in [2.45, 2.75) is 25.0 Å². The average molecular weight is 279 g/mol. The molecule has 1 atom stereocenters. The molecule has 7 heteroatoms. The third-order valence-electron chi connectivity index (χ3n) is 2.78. The lowest BCUT2D eigenvalue weighted by Gasteiger charge is -2.10. The van der Waals surface area contributed by atoms with Gasteiger partial charge in [-0.05, 0) is 19.8 Å². The van der Waals surface area contributed by atoms with E-state index in [2.05, 4.69) is 5.32 Å². The lowest BCUT2D eigenvalue weighted by Crippen LogP contribution is -2.32. The zero-order valence-electron chi connectivity index (χ0n) is 10.7. The van der Waals surface area contributed by atoms with Gasteiger partial charge in [0.05, 0.1) is 24.2 Å². The Bertz CT molecular complexity index is 354. The first kappa shape index (κ1) is 15.4. The Morgan fingerprint density at radius 1 is 1.44 bits per heavy atom. The van der Waals surface area contributed by atoms with Crippen molar-refractivity contribution in [1.29, 1.82) is 0 Å². The van der Waals surface area contributed by atoms with E-state index in [1.807, 2.05) is 0 Å². The molecular weight excluding hydrogens is 258 g/mol. The number of nitrogens with one attached hydrogen (secondary N) is 1. The number of carbonyl (C=O) groups excluding carboxylic acids is 1. The summed E-state index contributed by atoms with van der Waals surface area (Å²) < 4.78 is 32.8. The first-order chi connectivity index (χ1) is 8.56. The summed E-state index contributed by atoms with van der Waals surface area (Å²) in [4.78, 5) is 10.9. The molecular formula is C11H21NO5S. The minimum atomic E-state index is -2.88. The molecule has 1 heterocycles. The van der Waals surface area contributed by atoms with E-state index in [9.17, 15) is 13.2 Å².